The van der Waals surface area contributed by atoms with Gasteiger partial charge in [-0.05, 0) is 70.0 Å². The Hall–Kier alpha value is -2.42. The average molecular weight is 520 g/mol. The molecule has 0 aliphatic rings. The Morgan fingerprint density at radius 3 is 1.63 bits per heavy atom. The highest BCUT2D eigenvalue weighted by Gasteiger charge is 2.30. The fourth-order valence-electron chi connectivity index (χ4n) is 3.15. The Labute approximate surface area is 210 Å². The molecule has 0 aliphatic carbocycles. The molecule has 202 valence electrons. The number of carboxylic acid groups (broad SMARTS) is 1. The van der Waals surface area contributed by atoms with Gasteiger partial charge in [-0.1, -0.05) is 0 Å². The standard InChI is InChI=1S/C21H41N7O6S/c1-35-11-8-16(21(33)34)28-20(32)15(7-3-5-10-23)27-19(31)14(6-2-4-9-22)26-18(30)13(24)12-17(25)29/h13-16H,2-12,22-24H2,1H3,(H2,25,29)(H,26,30)(H,27,31)(H,28,32)(H,33,34). The topological polar surface area (TPSA) is 246 Å². The zero-order valence-corrected chi connectivity index (χ0v) is 21.1. The molecule has 0 fully saturated rings. The van der Waals surface area contributed by atoms with Crippen molar-refractivity contribution in [2.45, 2.75) is 75.5 Å². The number of unbranched alkanes of at least 4 members (excludes halogenated alkanes) is 2. The quantitative estimate of drug-likeness (QED) is 0.0802. The van der Waals surface area contributed by atoms with Gasteiger partial charge in [0.1, 0.15) is 18.1 Å². The molecule has 0 rings (SSSR count). The molecule has 12 N–H and O–H groups in total. The van der Waals surface area contributed by atoms with Crippen molar-refractivity contribution < 1.29 is 29.1 Å². The minimum absolute atomic E-state index is 0.223. The van der Waals surface area contributed by atoms with E-state index in [1.165, 1.54) is 11.8 Å². The van der Waals surface area contributed by atoms with Gasteiger partial charge in [0.25, 0.3) is 0 Å². The molecule has 0 radical (unpaired) electrons. The molecule has 0 saturated carbocycles. The number of primary amides is 1. The van der Waals surface area contributed by atoms with Gasteiger partial charge in [-0.25, -0.2) is 4.79 Å². The lowest BCUT2D eigenvalue weighted by atomic mass is 10.0. The third-order valence-electron chi connectivity index (χ3n) is 5.14. The zero-order chi connectivity index (χ0) is 26.8. The number of hydrogen-bond donors (Lipinski definition) is 8. The second kappa shape index (κ2) is 18.9. The van der Waals surface area contributed by atoms with Crippen LogP contribution in [0.3, 0.4) is 0 Å². The summed E-state index contributed by atoms with van der Waals surface area (Å²) < 4.78 is 0. The smallest absolute Gasteiger partial charge is 0.326 e. The molecule has 0 saturated heterocycles. The number of rotatable bonds is 20. The molecule has 4 atom stereocenters. The maximum atomic E-state index is 13.0. The van der Waals surface area contributed by atoms with E-state index in [1.54, 1.807) is 0 Å². The van der Waals surface area contributed by atoms with Crippen molar-refractivity contribution in [3.8, 4) is 0 Å². The van der Waals surface area contributed by atoms with Gasteiger partial charge in [-0.15, -0.1) is 0 Å². The fourth-order valence-corrected chi connectivity index (χ4v) is 3.62. The van der Waals surface area contributed by atoms with Gasteiger partial charge >= 0.3 is 5.97 Å². The SMILES string of the molecule is CSCCC(NC(=O)C(CCCCN)NC(=O)C(CCCCN)NC(=O)C(N)CC(N)=O)C(=O)O. The van der Waals surface area contributed by atoms with Crippen LogP contribution in [0.5, 0.6) is 0 Å². The number of nitrogens with one attached hydrogen (secondary N) is 3. The van der Waals surface area contributed by atoms with E-state index in [9.17, 15) is 29.1 Å². The number of amides is 4. The first-order valence-electron chi connectivity index (χ1n) is 11.6. The third kappa shape index (κ3) is 14.5. The van der Waals surface area contributed by atoms with E-state index in [1.807, 2.05) is 6.26 Å². The lowest BCUT2D eigenvalue weighted by molar-refractivity contribution is -0.142. The highest BCUT2D eigenvalue weighted by Crippen LogP contribution is 2.08. The van der Waals surface area contributed by atoms with Crippen molar-refractivity contribution in [2.75, 3.05) is 25.1 Å². The first-order valence-corrected chi connectivity index (χ1v) is 13.0. The molecular formula is C21H41N7O6S. The normalized spacial score (nSPS) is 14.3. The number of nitrogens with two attached hydrogens (primary N) is 4. The largest absolute Gasteiger partial charge is 0.480 e. The number of aliphatic carboxylic acids is 1. The van der Waals surface area contributed by atoms with Gasteiger partial charge in [0.15, 0.2) is 0 Å². The predicted molar refractivity (Wildman–Crippen MR) is 134 cm³/mol. The summed E-state index contributed by atoms with van der Waals surface area (Å²) in [6, 6.07) is -4.40. The van der Waals surface area contributed by atoms with Gasteiger partial charge in [-0.2, -0.15) is 11.8 Å². The van der Waals surface area contributed by atoms with E-state index in [-0.39, 0.29) is 25.7 Å². The van der Waals surface area contributed by atoms with Crippen molar-refractivity contribution in [3.63, 3.8) is 0 Å². The summed E-state index contributed by atoms with van der Waals surface area (Å²) in [5.74, 6) is -3.41. The number of thioether (sulfide) groups is 1. The molecule has 0 spiro atoms. The Kier molecular flexibility index (Phi) is 17.5. The van der Waals surface area contributed by atoms with Crippen LogP contribution in [0.2, 0.25) is 0 Å². The minimum atomic E-state index is -1.23. The molecule has 13 nitrogen and oxygen atoms in total. The highest BCUT2D eigenvalue weighted by atomic mass is 32.2. The van der Waals surface area contributed by atoms with Crippen molar-refractivity contribution in [1.82, 2.24) is 16.0 Å². The summed E-state index contributed by atoms with van der Waals surface area (Å²) in [5.41, 5.74) is 21.8. The van der Waals surface area contributed by atoms with Crippen LogP contribution in [0.1, 0.15) is 51.4 Å². The van der Waals surface area contributed by atoms with Crippen LogP contribution in [-0.2, 0) is 24.0 Å². The molecule has 0 heterocycles. The fraction of sp³-hybridized carbons (Fsp3) is 0.762. The Morgan fingerprint density at radius 1 is 0.771 bits per heavy atom. The molecule has 4 amide bonds. The number of carbonyl (C=O) groups excluding carboxylic acids is 4. The molecule has 0 aromatic carbocycles. The van der Waals surface area contributed by atoms with Crippen LogP contribution < -0.4 is 38.9 Å². The van der Waals surface area contributed by atoms with Gasteiger partial charge < -0.3 is 44.0 Å². The van der Waals surface area contributed by atoms with E-state index in [4.69, 9.17) is 22.9 Å². The van der Waals surface area contributed by atoms with E-state index < -0.39 is 53.8 Å². The number of carbonyl (C=O) groups is 5. The maximum Gasteiger partial charge on any atom is 0.326 e. The molecule has 0 bridgehead atoms. The van der Waals surface area contributed by atoms with Crippen LogP contribution in [0.25, 0.3) is 0 Å². The number of hydrogen-bond acceptors (Lipinski definition) is 9. The molecular weight excluding hydrogens is 478 g/mol. The summed E-state index contributed by atoms with van der Waals surface area (Å²) >= 11 is 1.45. The highest BCUT2D eigenvalue weighted by molar-refractivity contribution is 7.98. The summed E-state index contributed by atoms with van der Waals surface area (Å²) in [6.45, 7) is 0.781. The molecule has 0 aliphatic heterocycles. The molecule has 0 aromatic rings. The number of carboxylic acids is 1. The summed E-state index contributed by atoms with van der Waals surface area (Å²) in [7, 11) is 0. The van der Waals surface area contributed by atoms with E-state index in [0.29, 0.717) is 44.5 Å². The first kappa shape index (κ1) is 32.6. The van der Waals surface area contributed by atoms with Crippen LogP contribution in [0.15, 0.2) is 0 Å². The van der Waals surface area contributed by atoms with E-state index >= 15 is 0 Å². The van der Waals surface area contributed by atoms with Crippen LogP contribution in [0.4, 0.5) is 0 Å². The maximum absolute atomic E-state index is 13.0. The van der Waals surface area contributed by atoms with Gasteiger partial charge in [-0.3, -0.25) is 19.2 Å². The van der Waals surface area contributed by atoms with Crippen molar-refractivity contribution in [3.05, 3.63) is 0 Å². The third-order valence-corrected chi connectivity index (χ3v) is 5.79. The molecule has 0 aromatic heterocycles. The monoisotopic (exact) mass is 519 g/mol. The van der Waals surface area contributed by atoms with Crippen LogP contribution >= 0.6 is 11.8 Å². The summed E-state index contributed by atoms with van der Waals surface area (Å²) in [5, 5.41) is 17.0. The van der Waals surface area contributed by atoms with Gasteiger partial charge in [0.2, 0.25) is 23.6 Å². The zero-order valence-electron chi connectivity index (χ0n) is 20.3. The Morgan fingerprint density at radius 2 is 1.23 bits per heavy atom. The minimum Gasteiger partial charge on any atom is -0.480 e. The van der Waals surface area contributed by atoms with E-state index in [2.05, 4.69) is 16.0 Å². The van der Waals surface area contributed by atoms with Crippen LogP contribution in [0, 0.1) is 0 Å². The second-order valence-electron chi connectivity index (χ2n) is 8.15. The van der Waals surface area contributed by atoms with Gasteiger partial charge in [0, 0.05) is 0 Å². The Balaban J connectivity index is 5.49. The molecule has 14 heteroatoms. The predicted octanol–water partition coefficient (Wildman–Crippen LogP) is -2.26. The summed E-state index contributed by atoms with van der Waals surface area (Å²) in [6.07, 6.45) is 4.35. The molecule has 4 unspecified atom stereocenters. The second-order valence-corrected chi connectivity index (χ2v) is 9.13. The lowest BCUT2D eigenvalue weighted by Gasteiger charge is -2.25. The Bertz CT molecular complexity index is 697. The van der Waals surface area contributed by atoms with E-state index in [0.717, 1.165) is 0 Å². The molecule has 35 heavy (non-hydrogen) atoms. The van der Waals surface area contributed by atoms with Gasteiger partial charge in [0.05, 0.1) is 12.5 Å². The van der Waals surface area contributed by atoms with Crippen LogP contribution in [-0.4, -0.2) is 84.0 Å². The lowest BCUT2D eigenvalue weighted by Crippen LogP contribution is -2.57. The average Bonchev–Trinajstić information content (AvgIpc) is 2.79. The summed E-state index contributed by atoms with van der Waals surface area (Å²) in [4.78, 5) is 60.9. The van der Waals surface area contributed by atoms with Crippen molar-refractivity contribution in [2.24, 2.45) is 22.9 Å². The first-order chi connectivity index (χ1) is 16.6. The van der Waals surface area contributed by atoms with Crippen molar-refractivity contribution in [1.29, 1.82) is 0 Å². The van der Waals surface area contributed by atoms with Crippen molar-refractivity contribution >= 4 is 41.4 Å².